The summed E-state index contributed by atoms with van der Waals surface area (Å²) < 4.78 is 1.73. The molecule has 7 nitrogen and oxygen atoms in total. The zero-order chi connectivity index (χ0) is 21.0. The molecule has 0 radical (unpaired) electrons. The lowest BCUT2D eigenvalue weighted by Gasteiger charge is -2.36. The number of halogens is 1. The number of anilines is 1. The number of nitrogens with one attached hydrogen (secondary N) is 1. The zero-order valence-corrected chi connectivity index (χ0v) is 17.9. The molecule has 8 heteroatoms. The Kier molecular flexibility index (Phi) is 4.52. The lowest BCUT2D eigenvalue weighted by atomic mass is 10.0. The minimum absolute atomic E-state index is 0.142. The van der Waals surface area contributed by atoms with Crippen molar-refractivity contribution < 1.29 is 5.11 Å². The summed E-state index contributed by atoms with van der Waals surface area (Å²) in [4.78, 5) is 11.6. The van der Waals surface area contributed by atoms with Crippen molar-refractivity contribution in [2.45, 2.75) is 25.9 Å². The highest BCUT2D eigenvalue weighted by molar-refractivity contribution is 6.38. The molecule has 5 rings (SSSR count). The largest absolute Gasteiger partial charge is 0.507 e. The van der Waals surface area contributed by atoms with Crippen LogP contribution in [-0.2, 0) is 7.05 Å². The number of aromatic nitrogens is 4. The van der Waals surface area contributed by atoms with Gasteiger partial charge in [-0.3, -0.25) is 4.68 Å². The number of rotatable bonds is 2. The third-order valence-electron chi connectivity index (χ3n) is 5.55. The number of aryl methyl sites for hydroxylation is 1. The van der Waals surface area contributed by atoms with Crippen LogP contribution in [0.25, 0.3) is 32.9 Å². The number of piperazine rings is 1. The number of hydrogen-bond donors (Lipinski definition) is 2. The molecule has 2 atom stereocenters. The maximum absolute atomic E-state index is 10.6. The van der Waals surface area contributed by atoms with Crippen LogP contribution in [0.4, 0.5) is 5.95 Å². The molecule has 3 heterocycles. The highest BCUT2D eigenvalue weighted by Gasteiger charge is 2.23. The summed E-state index contributed by atoms with van der Waals surface area (Å²) in [5, 5.41) is 20.7. The minimum Gasteiger partial charge on any atom is -0.507 e. The Hall–Kier alpha value is -2.90. The third kappa shape index (κ3) is 3.24. The fraction of sp³-hybridized carbons (Fsp3) is 0.318. The quantitative estimate of drug-likeness (QED) is 0.512. The van der Waals surface area contributed by atoms with Gasteiger partial charge in [-0.2, -0.15) is 5.10 Å². The Morgan fingerprint density at radius 2 is 1.87 bits per heavy atom. The highest BCUT2D eigenvalue weighted by Crippen LogP contribution is 2.39. The van der Waals surface area contributed by atoms with Crippen LogP contribution >= 0.6 is 11.6 Å². The van der Waals surface area contributed by atoms with Gasteiger partial charge in [0.05, 0.1) is 16.1 Å². The second-order valence-electron chi connectivity index (χ2n) is 8.13. The average Bonchev–Trinajstić information content (AvgIpc) is 3.05. The SMILES string of the molecule is CC1CN(c2ncc3c(Cl)c(-c4cc5cn(C)nc5cc4O)ccc3n2)CC(C)N1. The second-order valence-corrected chi connectivity index (χ2v) is 8.51. The Labute approximate surface area is 179 Å². The number of phenols is 1. The van der Waals surface area contributed by atoms with Gasteiger partial charge >= 0.3 is 0 Å². The first kappa shape index (κ1) is 19.1. The predicted octanol–water partition coefficient (Wildman–Crippen LogP) is 3.73. The van der Waals surface area contributed by atoms with Crippen molar-refractivity contribution in [3.63, 3.8) is 0 Å². The Morgan fingerprint density at radius 3 is 2.63 bits per heavy atom. The topological polar surface area (TPSA) is 79.1 Å². The van der Waals surface area contributed by atoms with Crippen LogP contribution in [0.5, 0.6) is 5.75 Å². The molecule has 4 aromatic rings. The van der Waals surface area contributed by atoms with Gasteiger partial charge in [-0.05, 0) is 26.0 Å². The van der Waals surface area contributed by atoms with E-state index in [9.17, 15) is 5.11 Å². The molecule has 0 spiro atoms. The van der Waals surface area contributed by atoms with Gasteiger partial charge in [-0.15, -0.1) is 0 Å². The monoisotopic (exact) mass is 422 g/mol. The van der Waals surface area contributed by atoms with E-state index in [2.05, 4.69) is 34.1 Å². The van der Waals surface area contributed by atoms with E-state index in [0.29, 0.717) is 28.6 Å². The molecule has 0 bridgehead atoms. The first-order valence-corrected chi connectivity index (χ1v) is 10.4. The summed E-state index contributed by atoms with van der Waals surface area (Å²) in [5.74, 6) is 0.856. The van der Waals surface area contributed by atoms with Crippen LogP contribution in [0.15, 0.2) is 36.7 Å². The van der Waals surface area contributed by atoms with Gasteiger partial charge in [0.2, 0.25) is 5.95 Å². The van der Waals surface area contributed by atoms with Crippen LogP contribution < -0.4 is 10.2 Å². The van der Waals surface area contributed by atoms with Crippen molar-refractivity contribution >= 4 is 39.4 Å². The van der Waals surface area contributed by atoms with E-state index < -0.39 is 0 Å². The smallest absolute Gasteiger partial charge is 0.225 e. The van der Waals surface area contributed by atoms with E-state index in [-0.39, 0.29) is 5.75 Å². The van der Waals surface area contributed by atoms with Crippen LogP contribution in [0.1, 0.15) is 13.8 Å². The number of fused-ring (bicyclic) bond motifs is 2. The van der Waals surface area contributed by atoms with Gasteiger partial charge in [0.15, 0.2) is 0 Å². The van der Waals surface area contributed by atoms with Crippen molar-refractivity contribution in [1.29, 1.82) is 0 Å². The van der Waals surface area contributed by atoms with E-state index in [1.165, 1.54) is 0 Å². The molecule has 154 valence electrons. The zero-order valence-electron chi connectivity index (χ0n) is 17.1. The van der Waals surface area contributed by atoms with Gasteiger partial charge in [0.25, 0.3) is 0 Å². The van der Waals surface area contributed by atoms with Crippen molar-refractivity contribution in [2.24, 2.45) is 7.05 Å². The van der Waals surface area contributed by atoms with Gasteiger partial charge in [-0.25, -0.2) is 9.97 Å². The number of aromatic hydroxyl groups is 1. The fourth-order valence-electron chi connectivity index (χ4n) is 4.31. The van der Waals surface area contributed by atoms with Crippen molar-refractivity contribution in [2.75, 3.05) is 18.0 Å². The maximum atomic E-state index is 10.6. The lowest BCUT2D eigenvalue weighted by Crippen LogP contribution is -2.54. The average molecular weight is 423 g/mol. The molecule has 2 aromatic heterocycles. The number of phenolic OH excluding ortho intramolecular Hbond substituents is 1. The molecule has 1 saturated heterocycles. The normalized spacial score (nSPS) is 19.7. The molecule has 2 N–H and O–H groups in total. The van der Waals surface area contributed by atoms with E-state index in [0.717, 1.165) is 40.5 Å². The molecule has 1 aliphatic rings. The van der Waals surface area contributed by atoms with Gasteiger partial charge in [0, 0.05) is 72.6 Å². The Morgan fingerprint density at radius 1 is 1.10 bits per heavy atom. The second kappa shape index (κ2) is 7.11. The Balaban J connectivity index is 1.57. The van der Waals surface area contributed by atoms with E-state index >= 15 is 0 Å². The van der Waals surface area contributed by atoms with E-state index in [4.69, 9.17) is 16.6 Å². The van der Waals surface area contributed by atoms with Crippen molar-refractivity contribution in [1.82, 2.24) is 25.1 Å². The van der Waals surface area contributed by atoms with E-state index in [1.54, 1.807) is 16.9 Å². The lowest BCUT2D eigenvalue weighted by molar-refractivity contribution is 0.403. The first-order chi connectivity index (χ1) is 14.4. The molecule has 1 fully saturated rings. The summed E-state index contributed by atoms with van der Waals surface area (Å²) >= 11 is 6.75. The molecule has 1 aliphatic heterocycles. The molecular formula is C22H23ClN6O. The summed E-state index contributed by atoms with van der Waals surface area (Å²) in [6.45, 7) is 6.05. The summed E-state index contributed by atoms with van der Waals surface area (Å²) in [6, 6.07) is 8.17. The first-order valence-electron chi connectivity index (χ1n) is 10.0. The van der Waals surface area contributed by atoms with Crippen LogP contribution in [0, 0.1) is 0 Å². The Bertz CT molecular complexity index is 1260. The number of benzene rings is 2. The molecular weight excluding hydrogens is 400 g/mol. The fourth-order valence-corrected chi connectivity index (χ4v) is 4.62. The van der Waals surface area contributed by atoms with E-state index in [1.807, 2.05) is 31.4 Å². The number of hydrogen-bond acceptors (Lipinski definition) is 6. The standard InChI is InChI=1S/C22H23ClN6O/c1-12-9-29(10-13(2)25-12)22-24-8-17-18(26-22)5-4-15(21(17)23)16-6-14-11-28(3)27-19(14)7-20(16)30/h4-8,11-13,25,30H,9-10H2,1-3H3. The molecule has 2 unspecified atom stereocenters. The summed E-state index contributed by atoms with van der Waals surface area (Å²) in [5.41, 5.74) is 2.93. The summed E-state index contributed by atoms with van der Waals surface area (Å²) in [6.07, 6.45) is 3.69. The van der Waals surface area contributed by atoms with Crippen molar-refractivity contribution in [3.05, 3.63) is 41.7 Å². The highest BCUT2D eigenvalue weighted by atomic mass is 35.5. The predicted molar refractivity (Wildman–Crippen MR) is 120 cm³/mol. The van der Waals surface area contributed by atoms with Crippen LogP contribution in [0.3, 0.4) is 0 Å². The minimum atomic E-state index is 0.142. The van der Waals surface area contributed by atoms with Gasteiger partial charge in [-0.1, -0.05) is 17.7 Å². The third-order valence-corrected chi connectivity index (χ3v) is 5.96. The van der Waals surface area contributed by atoms with Crippen LogP contribution in [-0.4, -0.2) is 50.0 Å². The van der Waals surface area contributed by atoms with Crippen LogP contribution in [0.2, 0.25) is 5.02 Å². The molecule has 0 saturated carbocycles. The van der Waals surface area contributed by atoms with Gasteiger partial charge in [0.1, 0.15) is 5.75 Å². The molecule has 2 aromatic carbocycles. The summed E-state index contributed by atoms with van der Waals surface area (Å²) in [7, 11) is 1.86. The van der Waals surface area contributed by atoms with Gasteiger partial charge < -0.3 is 15.3 Å². The maximum Gasteiger partial charge on any atom is 0.225 e. The molecule has 0 aliphatic carbocycles. The van der Waals surface area contributed by atoms with Crippen molar-refractivity contribution in [3.8, 4) is 16.9 Å². The molecule has 30 heavy (non-hydrogen) atoms. The molecule has 0 amide bonds. The number of nitrogens with zero attached hydrogens (tertiary/aromatic N) is 5.